The van der Waals surface area contributed by atoms with E-state index in [0.29, 0.717) is 0 Å². The van der Waals surface area contributed by atoms with Gasteiger partial charge in [-0.2, -0.15) is 0 Å². The highest BCUT2D eigenvalue weighted by Crippen LogP contribution is 2.30. The van der Waals surface area contributed by atoms with Crippen molar-refractivity contribution in [2.75, 3.05) is 0 Å². The number of aromatic amines is 1. The molecular formula is C27H22I2N2O. The number of aromatic nitrogens is 2. The van der Waals surface area contributed by atoms with Crippen LogP contribution in [0.4, 0.5) is 0 Å². The lowest BCUT2D eigenvalue weighted by Crippen LogP contribution is -2.04. The number of para-hydroxylation sites is 2. The van der Waals surface area contributed by atoms with E-state index in [1.54, 1.807) is 11.5 Å². The molecule has 4 aromatic carbocycles. The van der Waals surface area contributed by atoms with E-state index in [1.807, 2.05) is 30.3 Å². The zero-order chi connectivity index (χ0) is 21.5. The highest BCUT2D eigenvalue weighted by molar-refractivity contribution is 14.1. The van der Waals surface area contributed by atoms with E-state index in [2.05, 4.69) is 105 Å². The van der Waals surface area contributed by atoms with Gasteiger partial charge in [0.15, 0.2) is 0 Å². The van der Waals surface area contributed by atoms with Crippen molar-refractivity contribution >= 4 is 94.7 Å². The number of carbonyl (C=O) groups is 1. The van der Waals surface area contributed by atoms with Gasteiger partial charge in [0.05, 0.1) is 11.0 Å². The first-order valence-corrected chi connectivity index (χ1v) is 12.0. The van der Waals surface area contributed by atoms with E-state index in [0.717, 1.165) is 21.8 Å². The number of carbonyl (C=O) groups excluding carboxylic acids is 1. The van der Waals surface area contributed by atoms with Gasteiger partial charge in [-0.3, -0.25) is 9.36 Å². The summed E-state index contributed by atoms with van der Waals surface area (Å²) in [4.78, 5) is 15.2. The summed E-state index contributed by atoms with van der Waals surface area (Å²) in [5.41, 5.74) is 4.40. The monoisotopic (exact) mass is 644 g/mol. The molecule has 6 rings (SSSR count). The summed E-state index contributed by atoms with van der Waals surface area (Å²) in [6.45, 7) is 1.60. The molecule has 1 N–H and O–H groups in total. The SMILES string of the molecule is C.CC(=O)n1c2ccccc2c2cc(I)ccc21.Ic1ccc2[nH]c3ccccc3c2c1. The van der Waals surface area contributed by atoms with Crippen LogP contribution in [-0.2, 0) is 0 Å². The lowest BCUT2D eigenvalue weighted by atomic mass is 10.2. The van der Waals surface area contributed by atoms with Crippen molar-refractivity contribution in [3.05, 3.63) is 92.1 Å². The van der Waals surface area contributed by atoms with Gasteiger partial charge in [-0.25, -0.2) is 0 Å². The fraction of sp³-hybridized carbons (Fsp3) is 0.0741. The van der Waals surface area contributed by atoms with Crippen molar-refractivity contribution in [1.82, 2.24) is 9.55 Å². The second-order valence-electron chi connectivity index (χ2n) is 7.39. The van der Waals surface area contributed by atoms with Crippen LogP contribution in [0.15, 0.2) is 84.9 Å². The molecule has 2 heterocycles. The van der Waals surface area contributed by atoms with Crippen molar-refractivity contribution in [1.29, 1.82) is 0 Å². The number of nitrogens with zero attached hydrogens (tertiary/aromatic N) is 1. The molecule has 0 amide bonds. The second kappa shape index (κ2) is 9.23. The Hall–Kier alpha value is -2.39. The summed E-state index contributed by atoms with van der Waals surface area (Å²) in [5.74, 6) is 0.0532. The number of benzene rings is 4. The van der Waals surface area contributed by atoms with Gasteiger partial charge in [0.1, 0.15) is 0 Å². The lowest BCUT2D eigenvalue weighted by Gasteiger charge is -2.00. The number of rotatable bonds is 0. The first-order chi connectivity index (χ1) is 15.0. The predicted octanol–water partition coefficient (Wildman–Crippen LogP) is 8.62. The highest BCUT2D eigenvalue weighted by atomic mass is 127. The number of H-pyrrole nitrogens is 1. The van der Waals surface area contributed by atoms with Gasteiger partial charge in [0.2, 0.25) is 5.91 Å². The van der Waals surface area contributed by atoms with Gasteiger partial charge >= 0.3 is 0 Å². The zero-order valence-corrected chi connectivity index (χ0v) is 21.0. The van der Waals surface area contributed by atoms with Crippen LogP contribution in [0.3, 0.4) is 0 Å². The van der Waals surface area contributed by atoms with Crippen LogP contribution in [0.25, 0.3) is 43.6 Å². The lowest BCUT2D eigenvalue weighted by molar-refractivity contribution is 0.0946. The fourth-order valence-electron chi connectivity index (χ4n) is 4.10. The Kier molecular flexibility index (Phi) is 6.57. The van der Waals surface area contributed by atoms with Crippen molar-refractivity contribution in [2.45, 2.75) is 14.4 Å². The van der Waals surface area contributed by atoms with E-state index in [4.69, 9.17) is 0 Å². The molecule has 0 aliphatic heterocycles. The predicted molar refractivity (Wildman–Crippen MR) is 154 cm³/mol. The zero-order valence-electron chi connectivity index (χ0n) is 16.7. The molecule has 0 radical (unpaired) electrons. The summed E-state index contributed by atoms with van der Waals surface area (Å²) < 4.78 is 4.24. The van der Waals surface area contributed by atoms with Crippen molar-refractivity contribution < 1.29 is 4.79 Å². The Morgan fingerprint density at radius 2 is 1.25 bits per heavy atom. The van der Waals surface area contributed by atoms with Crippen LogP contribution in [0.1, 0.15) is 19.1 Å². The normalized spacial score (nSPS) is 10.8. The minimum Gasteiger partial charge on any atom is -0.355 e. The fourth-order valence-corrected chi connectivity index (χ4v) is 5.09. The molecule has 0 spiro atoms. The van der Waals surface area contributed by atoms with Crippen LogP contribution < -0.4 is 0 Å². The van der Waals surface area contributed by atoms with Gasteiger partial charge in [-0.05, 0) is 93.7 Å². The number of nitrogens with one attached hydrogen (secondary N) is 1. The first kappa shape index (κ1) is 22.8. The first-order valence-electron chi connectivity index (χ1n) is 9.88. The molecule has 32 heavy (non-hydrogen) atoms. The smallest absolute Gasteiger partial charge is 0.228 e. The molecule has 0 fully saturated rings. The highest BCUT2D eigenvalue weighted by Gasteiger charge is 2.12. The van der Waals surface area contributed by atoms with Gasteiger partial charge in [-0.15, -0.1) is 0 Å². The maximum absolute atomic E-state index is 11.8. The van der Waals surface area contributed by atoms with E-state index in [9.17, 15) is 4.79 Å². The molecule has 0 unspecified atom stereocenters. The van der Waals surface area contributed by atoms with E-state index >= 15 is 0 Å². The van der Waals surface area contributed by atoms with Crippen LogP contribution in [0, 0.1) is 7.14 Å². The third-order valence-corrected chi connectivity index (χ3v) is 6.76. The van der Waals surface area contributed by atoms with E-state index in [1.165, 1.54) is 28.9 Å². The van der Waals surface area contributed by atoms with Crippen LogP contribution in [0.2, 0.25) is 0 Å². The van der Waals surface area contributed by atoms with Crippen molar-refractivity contribution in [2.24, 2.45) is 0 Å². The molecule has 2 aromatic heterocycles. The average molecular weight is 644 g/mol. The molecule has 3 nitrogen and oxygen atoms in total. The summed E-state index contributed by atoms with van der Waals surface area (Å²) in [7, 11) is 0. The topological polar surface area (TPSA) is 37.8 Å². The van der Waals surface area contributed by atoms with Gasteiger partial charge in [-0.1, -0.05) is 43.8 Å². The standard InChI is InChI=1S/C14H10INO.C12H8IN.CH4/c1-9(17)16-13-5-3-2-4-11(13)12-8-10(15)6-7-14(12)16;13-8-5-6-12-10(7-8)9-3-1-2-4-11(9)14-12;/h2-8H,1H3;1-7,14H;1H4. The van der Waals surface area contributed by atoms with Crippen LogP contribution in [0.5, 0.6) is 0 Å². The maximum atomic E-state index is 11.8. The summed E-state index contributed by atoms with van der Waals surface area (Å²) in [5, 5.41) is 4.90. The number of halogens is 2. The Labute approximate surface area is 214 Å². The van der Waals surface area contributed by atoms with Crippen molar-refractivity contribution in [3.8, 4) is 0 Å². The second-order valence-corrected chi connectivity index (χ2v) is 9.88. The molecule has 0 saturated carbocycles. The molecular weight excluding hydrogens is 622 g/mol. The van der Waals surface area contributed by atoms with E-state index < -0.39 is 0 Å². The third kappa shape index (κ3) is 4.03. The largest absolute Gasteiger partial charge is 0.355 e. The van der Waals surface area contributed by atoms with Gasteiger partial charge in [0, 0.05) is 46.6 Å². The molecule has 6 aromatic rings. The summed E-state index contributed by atoms with van der Waals surface area (Å²) >= 11 is 4.64. The number of hydrogen-bond donors (Lipinski definition) is 1. The quantitative estimate of drug-likeness (QED) is 0.165. The Bertz CT molecular complexity index is 1590. The maximum Gasteiger partial charge on any atom is 0.228 e. The molecule has 0 aliphatic rings. The minimum atomic E-state index is 0. The average Bonchev–Trinajstić information content (AvgIpc) is 3.29. The molecule has 160 valence electrons. The minimum absolute atomic E-state index is 0. The molecule has 0 aliphatic carbocycles. The number of hydrogen-bond acceptors (Lipinski definition) is 1. The Morgan fingerprint density at radius 1 is 0.688 bits per heavy atom. The molecule has 0 atom stereocenters. The Morgan fingerprint density at radius 3 is 2.00 bits per heavy atom. The third-order valence-electron chi connectivity index (χ3n) is 5.42. The van der Waals surface area contributed by atoms with E-state index in [-0.39, 0.29) is 13.3 Å². The van der Waals surface area contributed by atoms with Gasteiger partial charge in [0.25, 0.3) is 0 Å². The molecule has 0 saturated heterocycles. The molecule has 5 heteroatoms. The summed E-state index contributed by atoms with van der Waals surface area (Å²) in [6, 6.07) is 29.1. The molecule has 0 bridgehead atoms. The summed E-state index contributed by atoms with van der Waals surface area (Å²) in [6.07, 6.45) is 0. The van der Waals surface area contributed by atoms with Crippen LogP contribution in [-0.4, -0.2) is 15.5 Å². The van der Waals surface area contributed by atoms with Crippen molar-refractivity contribution in [3.63, 3.8) is 0 Å². The number of fused-ring (bicyclic) bond motifs is 6. The van der Waals surface area contributed by atoms with Gasteiger partial charge < -0.3 is 4.98 Å². The Balaban J connectivity index is 0.000000151. The van der Waals surface area contributed by atoms with Crippen LogP contribution >= 0.6 is 45.2 Å².